The second kappa shape index (κ2) is 10.9. The average molecular weight is 368 g/mol. The monoisotopic (exact) mass is 368 g/mol. The van der Waals surface area contributed by atoms with E-state index in [-0.39, 0.29) is 12.1 Å². The maximum atomic E-state index is 11.7. The summed E-state index contributed by atoms with van der Waals surface area (Å²) in [4.78, 5) is 23.3. The first kappa shape index (κ1) is 20.3. The SMILES string of the molecule is CCCNC(=O)Nc1ccc(Cc2ccc(NC(=O)NCCC)cc2)cc1. The van der Waals surface area contributed by atoms with E-state index in [4.69, 9.17) is 0 Å². The Kier molecular flexibility index (Phi) is 8.16. The Morgan fingerprint density at radius 1 is 0.667 bits per heavy atom. The molecule has 0 aliphatic heterocycles. The predicted molar refractivity (Wildman–Crippen MR) is 110 cm³/mol. The van der Waals surface area contributed by atoms with Crippen molar-refractivity contribution in [1.82, 2.24) is 10.6 Å². The maximum Gasteiger partial charge on any atom is 0.319 e. The van der Waals surface area contributed by atoms with Crippen LogP contribution in [0.25, 0.3) is 0 Å². The number of hydrogen-bond acceptors (Lipinski definition) is 2. The van der Waals surface area contributed by atoms with Crippen molar-refractivity contribution >= 4 is 23.4 Å². The van der Waals surface area contributed by atoms with Gasteiger partial charge in [0.2, 0.25) is 0 Å². The molecule has 0 spiro atoms. The molecule has 0 bridgehead atoms. The fourth-order valence-electron chi connectivity index (χ4n) is 2.48. The lowest BCUT2D eigenvalue weighted by atomic mass is 10.0. The van der Waals surface area contributed by atoms with Crippen LogP contribution in [0.5, 0.6) is 0 Å². The number of hydrogen-bond donors (Lipinski definition) is 4. The van der Waals surface area contributed by atoms with Crippen molar-refractivity contribution in [3.05, 3.63) is 59.7 Å². The van der Waals surface area contributed by atoms with Crippen LogP contribution in [0.1, 0.15) is 37.8 Å². The highest BCUT2D eigenvalue weighted by molar-refractivity contribution is 5.89. The number of anilines is 2. The normalized spacial score (nSPS) is 10.1. The highest BCUT2D eigenvalue weighted by atomic mass is 16.2. The topological polar surface area (TPSA) is 82.3 Å². The summed E-state index contributed by atoms with van der Waals surface area (Å²) in [5, 5.41) is 11.2. The number of benzene rings is 2. The van der Waals surface area contributed by atoms with Crippen molar-refractivity contribution in [2.24, 2.45) is 0 Å². The molecule has 0 unspecified atom stereocenters. The minimum absolute atomic E-state index is 0.185. The van der Waals surface area contributed by atoms with Gasteiger partial charge in [0.15, 0.2) is 0 Å². The Morgan fingerprint density at radius 2 is 1.04 bits per heavy atom. The van der Waals surface area contributed by atoms with Gasteiger partial charge in [-0.2, -0.15) is 0 Å². The molecule has 6 heteroatoms. The second-order valence-corrected chi connectivity index (χ2v) is 6.33. The van der Waals surface area contributed by atoms with Crippen LogP contribution in [0, 0.1) is 0 Å². The third-order valence-electron chi connectivity index (χ3n) is 3.90. The molecule has 0 saturated heterocycles. The average Bonchev–Trinajstić information content (AvgIpc) is 2.68. The molecule has 0 aliphatic rings. The van der Waals surface area contributed by atoms with Crippen molar-refractivity contribution in [2.75, 3.05) is 23.7 Å². The van der Waals surface area contributed by atoms with Crippen molar-refractivity contribution < 1.29 is 9.59 Å². The first-order chi connectivity index (χ1) is 13.1. The van der Waals surface area contributed by atoms with E-state index in [9.17, 15) is 9.59 Å². The van der Waals surface area contributed by atoms with Gasteiger partial charge in [-0.05, 0) is 54.7 Å². The summed E-state index contributed by atoms with van der Waals surface area (Å²) >= 11 is 0. The van der Waals surface area contributed by atoms with Gasteiger partial charge in [0.05, 0.1) is 0 Å². The van der Waals surface area contributed by atoms with Crippen LogP contribution in [-0.4, -0.2) is 25.2 Å². The molecule has 0 heterocycles. The Hall–Kier alpha value is -3.02. The molecule has 144 valence electrons. The lowest BCUT2D eigenvalue weighted by Gasteiger charge is -2.09. The maximum absolute atomic E-state index is 11.7. The van der Waals surface area contributed by atoms with Gasteiger partial charge >= 0.3 is 12.1 Å². The van der Waals surface area contributed by atoms with E-state index in [0.29, 0.717) is 13.1 Å². The summed E-state index contributed by atoms with van der Waals surface area (Å²) in [6.45, 7) is 5.35. The number of amides is 4. The number of carbonyl (C=O) groups is 2. The van der Waals surface area contributed by atoms with Gasteiger partial charge in [-0.15, -0.1) is 0 Å². The van der Waals surface area contributed by atoms with E-state index < -0.39 is 0 Å². The van der Waals surface area contributed by atoms with Crippen molar-refractivity contribution in [2.45, 2.75) is 33.1 Å². The fourth-order valence-corrected chi connectivity index (χ4v) is 2.48. The van der Waals surface area contributed by atoms with E-state index in [2.05, 4.69) is 21.3 Å². The second-order valence-electron chi connectivity index (χ2n) is 6.33. The highest BCUT2D eigenvalue weighted by Gasteiger charge is 2.03. The molecular weight excluding hydrogens is 340 g/mol. The fraction of sp³-hybridized carbons (Fsp3) is 0.333. The Balaban J connectivity index is 1.86. The van der Waals surface area contributed by atoms with Crippen LogP contribution < -0.4 is 21.3 Å². The summed E-state index contributed by atoms with van der Waals surface area (Å²) < 4.78 is 0. The Labute approximate surface area is 160 Å². The van der Waals surface area contributed by atoms with Crippen LogP contribution in [-0.2, 0) is 6.42 Å². The predicted octanol–water partition coefficient (Wildman–Crippen LogP) is 4.34. The minimum Gasteiger partial charge on any atom is -0.338 e. The van der Waals surface area contributed by atoms with Crippen LogP contribution in [0.2, 0.25) is 0 Å². The third kappa shape index (κ3) is 7.40. The molecule has 6 nitrogen and oxygen atoms in total. The van der Waals surface area contributed by atoms with E-state index in [0.717, 1.165) is 41.8 Å². The molecular formula is C21H28N4O2. The lowest BCUT2D eigenvalue weighted by Crippen LogP contribution is -2.29. The number of rotatable bonds is 8. The zero-order chi connectivity index (χ0) is 19.5. The zero-order valence-corrected chi connectivity index (χ0v) is 16.0. The van der Waals surface area contributed by atoms with E-state index in [1.54, 1.807) is 0 Å². The van der Waals surface area contributed by atoms with Crippen LogP contribution >= 0.6 is 0 Å². The minimum atomic E-state index is -0.185. The molecule has 2 aromatic rings. The Morgan fingerprint density at radius 3 is 1.37 bits per heavy atom. The van der Waals surface area contributed by atoms with Crippen LogP contribution in [0.15, 0.2) is 48.5 Å². The third-order valence-corrected chi connectivity index (χ3v) is 3.90. The number of carbonyl (C=O) groups excluding carboxylic acids is 2. The molecule has 4 N–H and O–H groups in total. The van der Waals surface area contributed by atoms with Gasteiger partial charge in [-0.1, -0.05) is 38.1 Å². The molecule has 0 saturated carbocycles. The van der Waals surface area contributed by atoms with Crippen LogP contribution in [0.4, 0.5) is 21.0 Å². The van der Waals surface area contributed by atoms with E-state index in [1.807, 2.05) is 62.4 Å². The molecule has 2 rings (SSSR count). The standard InChI is InChI=1S/C21H28N4O2/c1-3-13-22-20(26)24-18-9-5-16(6-10-18)15-17-7-11-19(12-8-17)25-21(27)23-14-4-2/h5-12H,3-4,13-15H2,1-2H3,(H2,22,24,26)(H2,23,25,27). The van der Waals surface area contributed by atoms with Gasteiger partial charge < -0.3 is 21.3 Å². The van der Waals surface area contributed by atoms with Crippen molar-refractivity contribution in [1.29, 1.82) is 0 Å². The molecule has 0 fully saturated rings. The summed E-state index contributed by atoms with van der Waals surface area (Å²) in [5.74, 6) is 0. The quantitative estimate of drug-likeness (QED) is 0.559. The molecule has 0 aliphatic carbocycles. The molecule has 0 aromatic heterocycles. The van der Waals surface area contributed by atoms with Crippen LogP contribution in [0.3, 0.4) is 0 Å². The number of nitrogens with one attached hydrogen (secondary N) is 4. The highest BCUT2D eigenvalue weighted by Crippen LogP contribution is 2.16. The first-order valence-electron chi connectivity index (χ1n) is 9.38. The molecule has 2 aromatic carbocycles. The summed E-state index contributed by atoms with van der Waals surface area (Å²) in [6, 6.07) is 15.2. The number of urea groups is 2. The van der Waals surface area contributed by atoms with Gasteiger partial charge in [-0.25, -0.2) is 9.59 Å². The lowest BCUT2D eigenvalue weighted by molar-refractivity contribution is 0.251. The van der Waals surface area contributed by atoms with Crippen molar-refractivity contribution in [3.8, 4) is 0 Å². The Bertz CT molecular complexity index is 663. The summed E-state index contributed by atoms with van der Waals surface area (Å²) in [5.41, 5.74) is 3.84. The first-order valence-corrected chi connectivity index (χ1v) is 9.38. The summed E-state index contributed by atoms with van der Waals surface area (Å²) in [6.07, 6.45) is 2.60. The van der Waals surface area contributed by atoms with E-state index in [1.165, 1.54) is 0 Å². The van der Waals surface area contributed by atoms with Crippen molar-refractivity contribution in [3.63, 3.8) is 0 Å². The molecule has 0 radical (unpaired) electrons. The van der Waals surface area contributed by atoms with E-state index >= 15 is 0 Å². The zero-order valence-electron chi connectivity index (χ0n) is 16.0. The van der Waals surface area contributed by atoms with Gasteiger partial charge in [0.25, 0.3) is 0 Å². The van der Waals surface area contributed by atoms with Gasteiger partial charge in [-0.3, -0.25) is 0 Å². The van der Waals surface area contributed by atoms with Gasteiger partial charge in [0.1, 0.15) is 0 Å². The largest absolute Gasteiger partial charge is 0.338 e. The molecule has 4 amide bonds. The van der Waals surface area contributed by atoms with Gasteiger partial charge in [0, 0.05) is 24.5 Å². The molecule has 27 heavy (non-hydrogen) atoms. The molecule has 0 atom stereocenters. The smallest absolute Gasteiger partial charge is 0.319 e. The summed E-state index contributed by atoms with van der Waals surface area (Å²) in [7, 11) is 0.